The lowest BCUT2D eigenvalue weighted by Crippen LogP contribution is -2.43. The van der Waals surface area contributed by atoms with Crippen LogP contribution in [0.4, 0.5) is 0 Å². The summed E-state index contributed by atoms with van der Waals surface area (Å²) in [4.78, 5) is 14.7. The summed E-state index contributed by atoms with van der Waals surface area (Å²) >= 11 is 5.91. The van der Waals surface area contributed by atoms with Gasteiger partial charge in [0.15, 0.2) is 0 Å². The number of hydrogen-bond acceptors (Lipinski definition) is 3. The van der Waals surface area contributed by atoms with E-state index in [1.165, 1.54) is 0 Å². The maximum atomic E-state index is 13.0. The van der Waals surface area contributed by atoms with Crippen LogP contribution in [-0.4, -0.2) is 35.1 Å². The molecule has 0 bridgehead atoms. The molecule has 0 radical (unpaired) electrons. The Hall–Kier alpha value is -2.04. The molecular weight excluding hydrogens is 326 g/mol. The Morgan fingerprint density at radius 1 is 1.08 bits per heavy atom. The predicted octanol–water partition coefficient (Wildman–Crippen LogP) is 3.44. The standard InChI is InChI=1S/C19H20ClNO3/c20-15-6-8-17(9-7-15)24-18(14-4-2-1-3-5-14)19(23)21-12-10-16(22)11-13-21/h1-9,16,18,22H,10-13H2. The molecule has 2 aromatic rings. The zero-order chi connectivity index (χ0) is 16.9. The molecule has 2 aromatic carbocycles. The summed E-state index contributed by atoms with van der Waals surface area (Å²) in [5.74, 6) is 0.515. The van der Waals surface area contributed by atoms with Crippen LogP contribution in [0.3, 0.4) is 0 Å². The van der Waals surface area contributed by atoms with Crippen LogP contribution in [0.2, 0.25) is 5.02 Å². The van der Waals surface area contributed by atoms with Crippen molar-refractivity contribution in [1.82, 2.24) is 4.90 Å². The number of carbonyl (C=O) groups is 1. The fourth-order valence-corrected chi connectivity index (χ4v) is 2.92. The number of aliphatic hydroxyl groups is 1. The molecule has 1 aliphatic heterocycles. The quantitative estimate of drug-likeness (QED) is 0.923. The summed E-state index contributed by atoms with van der Waals surface area (Å²) in [6.07, 6.45) is 0.187. The zero-order valence-electron chi connectivity index (χ0n) is 13.3. The van der Waals surface area contributed by atoms with E-state index in [2.05, 4.69) is 0 Å². The second kappa shape index (κ2) is 7.69. The first-order valence-electron chi connectivity index (χ1n) is 8.07. The molecular formula is C19H20ClNO3. The van der Waals surface area contributed by atoms with Crippen molar-refractivity contribution in [2.45, 2.75) is 25.0 Å². The number of piperidine rings is 1. The fraction of sp³-hybridized carbons (Fsp3) is 0.316. The lowest BCUT2D eigenvalue weighted by molar-refractivity contribution is -0.141. The predicted molar refractivity (Wildman–Crippen MR) is 93.1 cm³/mol. The van der Waals surface area contributed by atoms with Gasteiger partial charge in [-0.2, -0.15) is 0 Å². The van der Waals surface area contributed by atoms with Gasteiger partial charge in [-0.05, 0) is 37.1 Å². The Kier molecular flexibility index (Phi) is 5.38. The summed E-state index contributed by atoms with van der Waals surface area (Å²) < 4.78 is 5.99. The number of ether oxygens (including phenoxy) is 1. The smallest absolute Gasteiger partial charge is 0.268 e. The molecule has 1 amide bonds. The van der Waals surface area contributed by atoms with E-state index in [4.69, 9.17) is 16.3 Å². The number of aliphatic hydroxyl groups excluding tert-OH is 1. The van der Waals surface area contributed by atoms with Gasteiger partial charge in [-0.25, -0.2) is 0 Å². The molecule has 0 spiro atoms. The Morgan fingerprint density at radius 2 is 1.71 bits per heavy atom. The van der Waals surface area contributed by atoms with E-state index in [9.17, 15) is 9.90 Å². The van der Waals surface area contributed by atoms with Crippen LogP contribution in [0.25, 0.3) is 0 Å². The van der Waals surface area contributed by atoms with E-state index < -0.39 is 6.10 Å². The molecule has 1 saturated heterocycles. The number of nitrogens with zero attached hydrogens (tertiary/aromatic N) is 1. The lowest BCUT2D eigenvalue weighted by atomic mass is 10.0. The number of halogens is 1. The second-order valence-electron chi connectivity index (χ2n) is 5.92. The van der Waals surface area contributed by atoms with Crippen molar-refractivity contribution in [3.8, 4) is 5.75 Å². The third-order valence-electron chi connectivity index (χ3n) is 4.17. The van der Waals surface area contributed by atoms with Gasteiger partial charge >= 0.3 is 0 Å². The maximum absolute atomic E-state index is 13.0. The average Bonchev–Trinajstić information content (AvgIpc) is 2.62. The minimum absolute atomic E-state index is 0.0805. The van der Waals surface area contributed by atoms with Crippen molar-refractivity contribution in [1.29, 1.82) is 0 Å². The van der Waals surface area contributed by atoms with Crippen LogP contribution in [0.5, 0.6) is 5.75 Å². The third kappa shape index (κ3) is 4.08. The maximum Gasteiger partial charge on any atom is 0.268 e. The molecule has 5 heteroatoms. The normalized spacial score (nSPS) is 16.7. The molecule has 1 unspecified atom stereocenters. The van der Waals surface area contributed by atoms with Crippen LogP contribution in [0.15, 0.2) is 54.6 Å². The first kappa shape index (κ1) is 16.8. The number of amides is 1. The van der Waals surface area contributed by atoms with Crippen LogP contribution < -0.4 is 4.74 Å². The highest BCUT2D eigenvalue weighted by Crippen LogP contribution is 2.26. The van der Waals surface area contributed by atoms with Crippen molar-refractivity contribution in [2.24, 2.45) is 0 Å². The molecule has 0 aromatic heterocycles. The second-order valence-corrected chi connectivity index (χ2v) is 6.36. The van der Waals surface area contributed by atoms with E-state index in [0.29, 0.717) is 36.7 Å². The van der Waals surface area contributed by atoms with Crippen molar-refractivity contribution >= 4 is 17.5 Å². The molecule has 1 heterocycles. The molecule has 0 aliphatic carbocycles. The molecule has 1 fully saturated rings. The van der Waals surface area contributed by atoms with Gasteiger partial charge < -0.3 is 14.7 Å². The Balaban J connectivity index is 1.82. The molecule has 3 rings (SSSR count). The molecule has 24 heavy (non-hydrogen) atoms. The minimum atomic E-state index is -0.706. The molecule has 1 N–H and O–H groups in total. The van der Waals surface area contributed by atoms with Crippen molar-refractivity contribution < 1.29 is 14.6 Å². The van der Waals surface area contributed by atoms with Gasteiger partial charge in [-0.1, -0.05) is 41.9 Å². The highest BCUT2D eigenvalue weighted by Gasteiger charge is 2.30. The van der Waals surface area contributed by atoms with E-state index >= 15 is 0 Å². The van der Waals surface area contributed by atoms with Crippen LogP contribution in [-0.2, 0) is 4.79 Å². The SMILES string of the molecule is O=C(C(Oc1ccc(Cl)cc1)c1ccccc1)N1CCC(O)CC1. The van der Waals surface area contributed by atoms with Gasteiger partial charge in [0.05, 0.1) is 6.10 Å². The first-order valence-corrected chi connectivity index (χ1v) is 8.45. The van der Waals surface area contributed by atoms with Crippen molar-refractivity contribution in [2.75, 3.05) is 13.1 Å². The van der Waals surface area contributed by atoms with Crippen molar-refractivity contribution in [3.05, 3.63) is 65.2 Å². The number of carbonyl (C=O) groups excluding carboxylic acids is 1. The minimum Gasteiger partial charge on any atom is -0.476 e. The first-order chi connectivity index (χ1) is 11.6. The van der Waals surface area contributed by atoms with Gasteiger partial charge in [0.1, 0.15) is 5.75 Å². The highest BCUT2D eigenvalue weighted by atomic mass is 35.5. The lowest BCUT2D eigenvalue weighted by Gasteiger charge is -2.32. The number of benzene rings is 2. The number of likely N-dealkylation sites (tertiary alicyclic amines) is 1. The van der Waals surface area contributed by atoms with Gasteiger partial charge in [0, 0.05) is 23.7 Å². The molecule has 4 nitrogen and oxygen atoms in total. The van der Waals surface area contributed by atoms with E-state index in [1.807, 2.05) is 30.3 Å². The summed E-state index contributed by atoms with van der Waals surface area (Å²) in [5.41, 5.74) is 0.809. The third-order valence-corrected chi connectivity index (χ3v) is 4.42. The average molecular weight is 346 g/mol. The van der Waals surface area contributed by atoms with E-state index in [-0.39, 0.29) is 12.0 Å². The Labute approximate surface area is 146 Å². The van der Waals surface area contributed by atoms with Crippen LogP contribution in [0, 0.1) is 0 Å². The molecule has 0 saturated carbocycles. The summed E-state index contributed by atoms with van der Waals surface area (Å²) in [7, 11) is 0. The zero-order valence-corrected chi connectivity index (χ0v) is 14.0. The Morgan fingerprint density at radius 3 is 2.33 bits per heavy atom. The molecule has 1 aliphatic rings. The molecule has 1 atom stereocenters. The van der Waals surface area contributed by atoms with Crippen LogP contribution in [0.1, 0.15) is 24.5 Å². The topological polar surface area (TPSA) is 49.8 Å². The van der Waals surface area contributed by atoms with Crippen LogP contribution >= 0.6 is 11.6 Å². The number of hydrogen-bond donors (Lipinski definition) is 1. The van der Waals surface area contributed by atoms with Gasteiger partial charge in [0.2, 0.25) is 6.10 Å². The fourth-order valence-electron chi connectivity index (χ4n) is 2.79. The monoisotopic (exact) mass is 345 g/mol. The van der Waals surface area contributed by atoms with E-state index in [1.54, 1.807) is 29.2 Å². The summed E-state index contributed by atoms with van der Waals surface area (Å²) in [6.45, 7) is 1.10. The number of rotatable bonds is 4. The highest BCUT2D eigenvalue weighted by molar-refractivity contribution is 6.30. The largest absolute Gasteiger partial charge is 0.476 e. The molecule has 126 valence electrons. The van der Waals surface area contributed by atoms with E-state index in [0.717, 1.165) is 5.56 Å². The van der Waals surface area contributed by atoms with Crippen molar-refractivity contribution in [3.63, 3.8) is 0 Å². The van der Waals surface area contributed by atoms with Gasteiger partial charge in [-0.15, -0.1) is 0 Å². The summed E-state index contributed by atoms with van der Waals surface area (Å²) in [5, 5.41) is 10.3. The summed E-state index contributed by atoms with van der Waals surface area (Å²) in [6, 6.07) is 16.4. The van der Waals surface area contributed by atoms with Gasteiger partial charge in [-0.3, -0.25) is 4.79 Å². The van der Waals surface area contributed by atoms with Gasteiger partial charge in [0.25, 0.3) is 5.91 Å². The Bertz CT molecular complexity index is 667.